The van der Waals surface area contributed by atoms with E-state index in [0.717, 1.165) is 27.2 Å². The van der Waals surface area contributed by atoms with Gasteiger partial charge in [-0.05, 0) is 36.1 Å². The molecule has 0 atom stereocenters. The van der Waals surface area contributed by atoms with Gasteiger partial charge < -0.3 is 5.73 Å². The highest BCUT2D eigenvalue weighted by Crippen LogP contribution is 2.26. The maximum Gasteiger partial charge on any atom is 0.176 e. The van der Waals surface area contributed by atoms with E-state index in [1.165, 1.54) is 0 Å². The lowest BCUT2D eigenvalue weighted by Crippen LogP contribution is -2.14. The number of pyridine rings is 1. The van der Waals surface area contributed by atoms with Crippen molar-refractivity contribution in [2.75, 3.05) is 6.54 Å². The second kappa shape index (κ2) is 4.44. The van der Waals surface area contributed by atoms with Gasteiger partial charge in [0.1, 0.15) is 0 Å². The van der Waals surface area contributed by atoms with E-state index in [1.807, 2.05) is 43.3 Å². The summed E-state index contributed by atoms with van der Waals surface area (Å²) in [5.74, 6) is -0.0273. The van der Waals surface area contributed by atoms with E-state index in [2.05, 4.69) is 4.98 Å². The zero-order valence-electron chi connectivity index (χ0n) is 10.7. The highest BCUT2D eigenvalue weighted by Gasteiger charge is 2.10. The third-order valence-electron chi connectivity index (χ3n) is 3.42. The topological polar surface area (TPSA) is 56.0 Å². The second-order valence-electron chi connectivity index (χ2n) is 4.66. The molecule has 2 aromatic carbocycles. The van der Waals surface area contributed by atoms with E-state index in [1.54, 1.807) is 6.20 Å². The van der Waals surface area contributed by atoms with Crippen molar-refractivity contribution < 1.29 is 4.79 Å². The van der Waals surface area contributed by atoms with Gasteiger partial charge in [-0.15, -0.1) is 0 Å². The quantitative estimate of drug-likeness (QED) is 0.562. The summed E-state index contributed by atoms with van der Waals surface area (Å²) < 4.78 is 0. The van der Waals surface area contributed by atoms with Crippen LogP contribution in [0.25, 0.3) is 21.7 Å². The van der Waals surface area contributed by atoms with Crippen LogP contribution >= 0.6 is 0 Å². The van der Waals surface area contributed by atoms with Crippen LogP contribution in [0.15, 0.2) is 42.6 Å². The summed E-state index contributed by atoms with van der Waals surface area (Å²) in [5, 5.41) is 3.20. The maximum absolute atomic E-state index is 11.8. The highest BCUT2D eigenvalue weighted by atomic mass is 16.1. The number of benzene rings is 2. The summed E-state index contributed by atoms with van der Waals surface area (Å²) in [7, 11) is 0. The summed E-state index contributed by atoms with van der Waals surface area (Å²) in [6.45, 7) is 1.97. The normalized spacial score (nSPS) is 11.1. The van der Waals surface area contributed by atoms with Crippen LogP contribution in [0.2, 0.25) is 0 Å². The lowest BCUT2D eigenvalue weighted by molar-refractivity contribution is 0.100. The van der Waals surface area contributed by atoms with Crippen LogP contribution in [0.5, 0.6) is 0 Å². The predicted molar refractivity (Wildman–Crippen MR) is 77.4 cm³/mol. The van der Waals surface area contributed by atoms with Gasteiger partial charge in [0.25, 0.3) is 0 Å². The molecule has 0 spiro atoms. The molecule has 0 fully saturated rings. The lowest BCUT2D eigenvalue weighted by Gasteiger charge is -2.08. The first-order valence-corrected chi connectivity index (χ1v) is 6.22. The molecule has 3 nitrogen and oxygen atoms in total. The van der Waals surface area contributed by atoms with Gasteiger partial charge in [0.05, 0.1) is 12.1 Å². The average Bonchev–Trinajstić information content (AvgIpc) is 2.45. The molecule has 0 unspecified atom stereocenters. The van der Waals surface area contributed by atoms with Gasteiger partial charge in [-0.25, -0.2) is 0 Å². The van der Waals surface area contributed by atoms with E-state index in [0.29, 0.717) is 5.56 Å². The predicted octanol–water partition coefficient (Wildman–Crippen LogP) is 2.84. The minimum absolute atomic E-state index is 0.0273. The Kier molecular flexibility index (Phi) is 2.76. The molecule has 19 heavy (non-hydrogen) atoms. The summed E-state index contributed by atoms with van der Waals surface area (Å²) in [6, 6.07) is 11.9. The van der Waals surface area contributed by atoms with Crippen LogP contribution in [0.3, 0.4) is 0 Å². The summed E-state index contributed by atoms with van der Waals surface area (Å²) >= 11 is 0. The standard InChI is InChI=1S/C16H14N2O/c1-10-7-14-12(8-13(10)15(19)9-17)5-4-11-3-2-6-18-16(11)14/h2-8H,9,17H2,1H3. The number of nitrogens with two attached hydrogens (primary N) is 1. The van der Waals surface area contributed by atoms with Crippen molar-refractivity contribution in [3.05, 3.63) is 53.7 Å². The van der Waals surface area contributed by atoms with Gasteiger partial charge in [-0.3, -0.25) is 9.78 Å². The monoisotopic (exact) mass is 250 g/mol. The molecule has 3 heteroatoms. The van der Waals surface area contributed by atoms with Gasteiger partial charge in [0.2, 0.25) is 0 Å². The number of ketones is 1. The maximum atomic E-state index is 11.8. The van der Waals surface area contributed by atoms with Crippen LogP contribution in [-0.4, -0.2) is 17.3 Å². The van der Waals surface area contributed by atoms with Gasteiger partial charge >= 0.3 is 0 Å². The number of hydrogen-bond acceptors (Lipinski definition) is 3. The summed E-state index contributed by atoms with van der Waals surface area (Å²) in [6.07, 6.45) is 1.79. The summed E-state index contributed by atoms with van der Waals surface area (Å²) in [4.78, 5) is 16.2. The highest BCUT2D eigenvalue weighted by molar-refractivity contribution is 6.09. The van der Waals surface area contributed by atoms with Crippen molar-refractivity contribution in [2.45, 2.75) is 6.92 Å². The first kappa shape index (κ1) is 11.8. The average molecular weight is 250 g/mol. The molecule has 0 saturated carbocycles. The Morgan fingerprint density at radius 2 is 2.00 bits per heavy atom. The molecule has 1 aromatic heterocycles. The van der Waals surface area contributed by atoms with Crippen molar-refractivity contribution in [1.29, 1.82) is 0 Å². The number of hydrogen-bond donors (Lipinski definition) is 1. The molecule has 0 amide bonds. The van der Waals surface area contributed by atoms with Crippen LogP contribution in [0.1, 0.15) is 15.9 Å². The fraction of sp³-hybridized carbons (Fsp3) is 0.125. The smallest absolute Gasteiger partial charge is 0.176 e. The van der Waals surface area contributed by atoms with Gasteiger partial charge in [0.15, 0.2) is 5.78 Å². The first-order valence-electron chi connectivity index (χ1n) is 6.22. The van der Waals surface area contributed by atoms with E-state index in [-0.39, 0.29) is 12.3 Å². The molecule has 3 aromatic rings. The van der Waals surface area contributed by atoms with Crippen LogP contribution in [-0.2, 0) is 0 Å². The number of aryl methyl sites for hydroxylation is 1. The van der Waals surface area contributed by atoms with E-state index in [4.69, 9.17) is 5.73 Å². The Balaban J connectivity index is 2.37. The molecular formula is C16H14N2O. The second-order valence-corrected chi connectivity index (χ2v) is 4.66. The molecule has 0 aliphatic carbocycles. The number of Topliss-reactive ketones (excluding diaryl/α,β-unsaturated/α-hetero) is 1. The molecule has 0 aliphatic heterocycles. The van der Waals surface area contributed by atoms with E-state index in [9.17, 15) is 4.79 Å². The number of nitrogens with zero attached hydrogens (tertiary/aromatic N) is 1. The van der Waals surface area contributed by atoms with Crippen molar-refractivity contribution >= 4 is 27.5 Å². The van der Waals surface area contributed by atoms with Crippen molar-refractivity contribution in [3.63, 3.8) is 0 Å². The summed E-state index contributed by atoms with van der Waals surface area (Å²) in [5.41, 5.74) is 8.06. The van der Waals surface area contributed by atoms with E-state index < -0.39 is 0 Å². The molecule has 0 radical (unpaired) electrons. The molecule has 3 rings (SSSR count). The zero-order valence-corrected chi connectivity index (χ0v) is 10.7. The molecular weight excluding hydrogens is 236 g/mol. The Bertz CT molecular complexity index is 793. The number of rotatable bonds is 2. The Hall–Kier alpha value is -2.26. The van der Waals surface area contributed by atoms with E-state index >= 15 is 0 Å². The Labute approximate surface area is 111 Å². The van der Waals surface area contributed by atoms with Crippen LogP contribution in [0.4, 0.5) is 0 Å². The van der Waals surface area contributed by atoms with Crippen molar-refractivity contribution in [2.24, 2.45) is 5.73 Å². The molecule has 0 aliphatic rings. The van der Waals surface area contributed by atoms with Crippen LogP contribution in [0, 0.1) is 6.92 Å². The lowest BCUT2D eigenvalue weighted by atomic mass is 9.97. The molecule has 1 heterocycles. The third-order valence-corrected chi connectivity index (χ3v) is 3.42. The molecule has 0 bridgehead atoms. The fourth-order valence-corrected chi connectivity index (χ4v) is 2.43. The number of carbonyl (C=O) groups excluding carboxylic acids is 1. The largest absolute Gasteiger partial charge is 0.324 e. The minimum Gasteiger partial charge on any atom is -0.324 e. The van der Waals surface area contributed by atoms with Gasteiger partial charge in [-0.2, -0.15) is 0 Å². The Morgan fingerprint density at radius 1 is 1.21 bits per heavy atom. The van der Waals surface area contributed by atoms with Crippen LogP contribution < -0.4 is 5.73 Å². The number of carbonyl (C=O) groups is 1. The third kappa shape index (κ3) is 1.88. The minimum atomic E-state index is -0.0273. The van der Waals surface area contributed by atoms with Gasteiger partial charge in [0, 0.05) is 22.5 Å². The number of fused-ring (bicyclic) bond motifs is 3. The van der Waals surface area contributed by atoms with Crippen molar-refractivity contribution in [3.8, 4) is 0 Å². The molecule has 94 valence electrons. The first-order chi connectivity index (χ1) is 9.20. The number of aromatic nitrogens is 1. The van der Waals surface area contributed by atoms with Crippen molar-refractivity contribution in [1.82, 2.24) is 4.98 Å². The SMILES string of the molecule is Cc1cc2c(ccc3cccnc32)cc1C(=O)CN. The zero-order chi connectivity index (χ0) is 13.4. The Morgan fingerprint density at radius 3 is 2.79 bits per heavy atom. The molecule has 2 N–H and O–H groups in total. The van der Waals surface area contributed by atoms with Gasteiger partial charge in [-0.1, -0.05) is 18.2 Å². The fourth-order valence-electron chi connectivity index (χ4n) is 2.43. The molecule has 0 saturated heterocycles.